The van der Waals surface area contributed by atoms with Gasteiger partial charge in [0.05, 0.1) is 0 Å². The van der Waals surface area contributed by atoms with E-state index in [9.17, 15) is 8.78 Å². The fourth-order valence-electron chi connectivity index (χ4n) is 2.34. The molecule has 1 aromatic rings. The van der Waals surface area contributed by atoms with E-state index in [1.54, 1.807) is 12.1 Å². The first-order valence-electron chi connectivity index (χ1n) is 6.81. The standard InChI is InChI=1S/C15H24F2N2/c1-4-19(10-11(2)3)14(9-18)12-6-5-7-13(8-12)15(16)17/h5-8,11,14-15H,4,9-10,18H2,1-3H3. The lowest BCUT2D eigenvalue weighted by Crippen LogP contribution is -2.36. The number of halogens is 2. The van der Waals surface area contributed by atoms with Gasteiger partial charge < -0.3 is 5.73 Å². The van der Waals surface area contributed by atoms with Gasteiger partial charge in [0.1, 0.15) is 0 Å². The van der Waals surface area contributed by atoms with E-state index in [0.29, 0.717) is 12.5 Å². The Labute approximate surface area is 114 Å². The number of rotatable bonds is 7. The van der Waals surface area contributed by atoms with E-state index in [1.807, 2.05) is 6.07 Å². The molecule has 0 amide bonds. The minimum absolute atomic E-state index is 0.00565. The van der Waals surface area contributed by atoms with Gasteiger partial charge in [-0.2, -0.15) is 0 Å². The molecule has 2 N–H and O–H groups in total. The minimum atomic E-state index is -2.43. The van der Waals surface area contributed by atoms with E-state index >= 15 is 0 Å². The van der Waals surface area contributed by atoms with E-state index in [-0.39, 0.29) is 11.6 Å². The normalized spacial score (nSPS) is 13.5. The number of nitrogens with zero attached hydrogens (tertiary/aromatic N) is 1. The van der Waals surface area contributed by atoms with Crippen LogP contribution in [0.2, 0.25) is 0 Å². The predicted molar refractivity (Wildman–Crippen MR) is 75.3 cm³/mol. The summed E-state index contributed by atoms with van der Waals surface area (Å²) >= 11 is 0. The molecule has 4 heteroatoms. The quantitative estimate of drug-likeness (QED) is 0.820. The highest BCUT2D eigenvalue weighted by Gasteiger charge is 2.19. The Hall–Kier alpha value is -1.00. The Morgan fingerprint density at radius 2 is 1.84 bits per heavy atom. The summed E-state index contributed by atoms with van der Waals surface area (Å²) in [5, 5.41) is 0. The Bertz CT molecular complexity index is 380. The SMILES string of the molecule is CCN(CC(C)C)C(CN)c1cccc(C(F)F)c1. The van der Waals surface area contributed by atoms with Crippen LogP contribution >= 0.6 is 0 Å². The maximum Gasteiger partial charge on any atom is 0.263 e. The molecule has 1 unspecified atom stereocenters. The summed E-state index contributed by atoms with van der Waals surface area (Å²) in [6.45, 7) is 8.57. The van der Waals surface area contributed by atoms with E-state index in [0.717, 1.165) is 18.7 Å². The third kappa shape index (κ3) is 4.55. The highest BCUT2D eigenvalue weighted by atomic mass is 19.3. The van der Waals surface area contributed by atoms with Crippen molar-refractivity contribution in [1.29, 1.82) is 0 Å². The van der Waals surface area contributed by atoms with Crippen LogP contribution < -0.4 is 5.73 Å². The number of alkyl halides is 2. The molecule has 0 aliphatic heterocycles. The number of nitrogens with two attached hydrogens (primary N) is 1. The van der Waals surface area contributed by atoms with E-state index in [2.05, 4.69) is 25.7 Å². The molecule has 0 aromatic heterocycles. The molecule has 0 saturated carbocycles. The zero-order chi connectivity index (χ0) is 14.4. The molecule has 0 aliphatic carbocycles. The fraction of sp³-hybridized carbons (Fsp3) is 0.600. The molecule has 1 rings (SSSR count). The lowest BCUT2D eigenvalue weighted by molar-refractivity contribution is 0.150. The van der Waals surface area contributed by atoms with Gasteiger partial charge in [0.2, 0.25) is 0 Å². The topological polar surface area (TPSA) is 29.3 Å². The van der Waals surface area contributed by atoms with Gasteiger partial charge in [-0.15, -0.1) is 0 Å². The van der Waals surface area contributed by atoms with Crippen LogP contribution in [0.5, 0.6) is 0 Å². The molecule has 0 fully saturated rings. The van der Waals surface area contributed by atoms with Gasteiger partial charge >= 0.3 is 0 Å². The van der Waals surface area contributed by atoms with Crippen molar-refractivity contribution in [3.05, 3.63) is 35.4 Å². The van der Waals surface area contributed by atoms with Gasteiger partial charge in [0, 0.05) is 24.7 Å². The van der Waals surface area contributed by atoms with Crippen molar-refractivity contribution in [3.8, 4) is 0 Å². The van der Waals surface area contributed by atoms with E-state index < -0.39 is 6.43 Å². The van der Waals surface area contributed by atoms with Crippen LogP contribution in [0.25, 0.3) is 0 Å². The largest absolute Gasteiger partial charge is 0.329 e. The molecule has 0 radical (unpaired) electrons. The van der Waals surface area contributed by atoms with Gasteiger partial charge in [-0.05, 0) is 24.1 Å². The van der Waals surface area contributed by atoms with Crippen LogP contribution in [0, 0.1) is 5.92 Å². The van der Waals surface area contributed by atoms with Crippen LogP contribution in [0.1, 0.15) is 44.4 Å². The third-order valence-corrected chi connectivity index (χ3v) is 3.22. The Kier molecular flexibility index (Phi) is 6.38. The Morgan fingerprint density at radius 1 is 1.21 bits per heavy atom. The fourth-order valence-corrected chi connectivity index (χ4v) is 2.34. The molecule has 0 saturated heterocycles. The van der Waals surface area contributed by atoms with Crippen molar-refractivity contribution < 1.29 is 8.78 Å². The van der Waals surface area contributed by atoms with Crippen LogP contribution in [0.15, 0.2) is 24.3 Å². The molecule has 1 aromatic carbocycles. The molecular formula is C15H24F2N2. The van der Waals surface area contributed by atoms with Crippen molar-refractivity contribution in [2.24, 2.45) is 11.7 Å². The summed E-state index contributed by atoms with van der Waals surface area (Å²) in [5.74, 6) is 0.521. The molecule has 19 heavy (non-hydrogen) atoms. The van der Waals surface area contributed by atoms with Crippen molar-refractivity contribution in [2.75, 3.05) is 19.6 Å². The first-order chi connectivity index (χ1) is 8.99. The summed E-state index contributed by atoms with van der Waals surface area (Å²) in [6, 6.07) is 6.60. The van der Waals surface area contributed by atoms with Crippen LogP contribution in [-0.4, -0.2) is 24.5 Å². The van der Waals surface area contributed by atoms with Gasteiger partial charge in [-0.25, -0.2) is 8.78 Å². The smallest absolute Gasteiger partial charge is 0.263 e. The molecule has 108 valence electrons. The molecule has 1 atom stereocenters. The van der Waals surface area contributed by atoms with Crippen LogP contribution in [-0.2, 0) is 0 Å². The monoisotopic (exact) mass is 270 g/mol. The molecule has 0 bridgehead atoms. The number of likely N-dealkylation sites (N-methyl/N-ethyl adjacent to an activating group) is 1. The second-order valence-corrected chi connectivity index (χ2v) is 5.20. The Morgan fingerprint density at radius 3 is 2.32 bits per heavy atom. The first kappa shape index (κ1) is 16.1. The van der Waals surface area contributed by atoms with E-state index in [1.165, 1.54) is 6.07 Å². The molecule has 0 spiro atoms. The highest BCUT2D eigenvalue weighted by Crippen LogP contribution is 2.25. The zero-order valence-electron chi connectivity index (χ0n) is 11.9. The van der Waals surface area contributed by atoms with E-state index in [4.69, 9.17) is 5.73 Å². The van der Waals surface area contributed by atoms with Gasteiger partial charge in [-0.1, -0.05) is 39.0 Å². The lowest BCUT2D eigenvalue weighted by atomic mass is 10.0. The summed E-state index contributed by atoms with van der Waals surface area (Å²) < 4.78 is 25.5. The second kappa shape index (κ2) is 7.56. The van der Waals surface area contributed by atoms with Gasteiger partial charge in [0.25, 0.3) is 6.43 Å². The third-order valence-electron chi connectivity index (χ3n) is 3.22. The minimum Gasteiger partial charge on any atom is -0.329 e. The maximum absolute atomic E-state index is 12.8. The first-order valence-corrected chi connectivity index (χ1v) is 6.81. The zero-order valence-corrected chi connectivity index (χ0v) is 11.9. The average molecular weight is 270 g/mol. The van der Waals surface area contributed by atoms with Crippen LogP contribution in [0.3, 0.4) is 0 Å². The Balaban J connectivity index is 2.97. The second-order valence-electron chi connectivity index (χ2n) is 5.20. The molecule has 2 nitrogen and oxygen atoms in total. The number of hydrogen-bond donors (Lipinski definition) is 1. The summed E-state index contributed by atoms with van der Waals surface area (Å²) in [6.07, 6.45) is -2.43. The molecule has 0 heterocycles. The van der Waals surface area contributed by atoms with Crippen molar-refractivity contribution >= 4 is 0 Å². The summed E-state index contributed by atoms with van der Waals surface area (Å²) in [7, 11) is 0. The van der Waals surface area contributed by atoms with Gasteiger partial charge in [-0.3, -0.25) is 4.90 Å². The predicted octanol–water partition coefficient (Wildman–Crippen LogP) is 3.60. The van der Waals surface area contributed by atoms with Crippen molar-refractivity contribution in [3.63, 3.8) is 0 Å². The maximum atomic E-state index is 12.8. The number of benzene rings is 1. The van der Waals surface area contributed by atoms with Gasteiger partial charge in [0.15, 0.2) is 0 Å². The number of hydrogen-bond acceptors (Lipinski definition) is 2. The molecule has 0 aliphatic rings. The summed E-state index contributed by atoms with van der Waals surface area (Å²) in [4.78, 5) is 2.25. The highest BCUT2D eigenvalue weighted by molar-refractivity contribution is 5.27. The van der Waals surface area contributed by atoms with Crippen molar-refractivity contribution in [1.82, 2.24) is 4.90 Å². The average Bonchev–Trinajstić information content (AvgIpc) is 2.38. The lowest BCUT2D eigenvalue weighted by Gasteiger charge is -2.31. The molecular weight excluding hydrogens is 246 g/mol. The summed E-state index contributed by atoms with van der Waals surface area (Å²) in [5.41, 5.74) is 6.80. The van der Waals surface area contributed by atoms with Crippen molar-refractivity contribution in [2.45, 2.75) is 33.2 Å². The van der Waals surface area contributed by atoms with Crippen LogP contribution in [0.4, 0.5) is 8.78 Å².